The van der Waals surface area contributed by atoms with Crippen molar-refractivity contribution in [1.29, 1.82) is 0 Å². The lowest BCUT2D eigenvalue weighted by atomic mass is 10.3. The molecule has 2 aromatic heterocycles. The maximum Gasteiger partial charge on any atom is 0.236 e. The Hall–Kier alpha value is -2.04. The van der Waals surface area contributed by atoms with E-state index in [1.165, 1.54) is 41.4 Å². The van der Waals surface area contributed by atoms with Gasteiger partial charge < -0.3 is 10.6 Å². The number of thiazole rings is 1. The molecule has 0 saturated carbocycles. The van der Waals surface area contributed by atoms with E-state index in [1.807, 2.05) is 19.1 Å². The van der Waals surface area contributed by atoms with E-state index in [9.17, 15) is 9.59 Å². The number of aromatic nitrogens is 3. The van der Waals surface area contributed by atoms with Crippen LogP contribution < -0.4 is 10.6 Å². The van der Waals surface area contributed by atoms with E-state index in [0.717, 1.165) is 19.6 Å². The fourth-order valence-corrected chi connectivity index (χ4v) is 4.42. The molecule has 0 aliphatic carbocycles. The quantitative estimate of drug-likeness (QED) is 0.661. The van der Waals surface area contributed by atoms with Gasteiger partial charge in [0.2, 0.25) is 11.8 Å². The van der Waals surface area contributed by atoms with Crippen LogP contribution >= 0.6 is 34.4 Å². The van der Waals surface area contributed by atoms with Gasteiger partial charge in [0.15, 0.2) is 9.47 Å². The zero-order valence-corrected chi connectivity index (χ0v) is 15.3. The van der Waals surface area contributed by atoms with Gasteiger partial charge in [0, 0.05) is 12.6 Å². The molecule has 3 rings (SSSR count). The number of nitrogens with zero attached hydrogens (tertiary/aromatic N) is 3. The van der Waals surface area contributed by atoms with Gasteiger partial charge in [-0.2, -0.15) is 0 Å². The van der Waals surface area contributed by atoms with Crippen molar-refractivity contribution >= 4 is 67.3 Å². The zero-order chi connectivity index (χ0) is 17.1. The van der Waals surface area contributed by atoms with Crippen molar-refractivity contribution in [1.82, 2.24) is 15.2 Å². The maximum absolute atomic E-state index is 12.0. The number of benzene rings is 1. The Kier molecular flexibility index (Phi) is 5.07. The van der Waals surface area contributed by atoms with Crippen LogP contribution in [-0.2, 0) is 9.59 Å². The highest BCUT2D eigenvalue weighted by Gasteiger charge is 2.10. The van der Waals surface area contributed by atoms with Gasteiger partial charge >= 0.3 is 0 Å². The highest BCUT2D eigenvalue weighted by molar-refractivity contribution is 8.01. The van der Waals surface area contributed by atoms with Gasteiger partial charge in [-0.05, 0) is 25.1 Å². The van der Waals surface area contributed by atoms with Gasteiger partial charge in [-0.1, -0.05) is 34.4 Å². The van der Waals surface area contributed by atoms with E-state index < -0.39 is 0 Å². The van der Waals surface area contributed by atoms with Crippen LogP contribution in [-0.4, -0.2) is 32.7 Å². The molecule has 7 nitrogen and oxygen atoms in total. The van der Waals surface area contributed by atoms with Crippen LogP contribution in [0.2, 0.25) is 0 Å². The van der Waals surface area contributed by atoms with Crippen LogP contribution in [0.15, 0.2) is 22.5 Å². The average Bonchev–Trinajstić information content (AvgIpc) is 3.09. The molecule has 124 valence electrons. The summed E-state index contributed by atoms with van der Waals surface area (Å²) < 4.78 is 1.66. The molecule has 0 bridgehead atoms. The normalized spacial score (nSPS) is 10.8. The summed E-state index contributed by atoms with van der Waals surface area (Å²) in [6, 6.07) is 5.43. The molecule has 2 heterocycles. The fraction of sp³-hybridized carbons (Fsp3) is 0.214. The molecule has 0 aliphatic heterocycles. The lowest BCUT2D eigenvalue weighted by molar-refractivity contribution is -0.114. The molecule has 0 radical (unpaired) electrons. The Bertz CT molecular complexity index is 905. The van der Waals surface area contributed by atoms with Crippen LogP contribution in [0.3, 0.4) is 0 Å². The topological polar surface area (TPSA) is 96.9 Å². The van der Waals surface area contributed by atoms with Gasteiger partial charge in [-0.25, -0.2) is 4.98 Å². The molecular weight excluding hydrogens is 366 g/mol. The van der Waals surface area contributed by atoms with E-state index in [4.69, 9.17) is 0 Å². The number of hydrogen-bond acceptors (Lipinski definition) is 8. The number of fused-ring (bicyclic) bond motifs is 1. The summed E-state index contributed by atoms with van der Waals surface area (Å²) in [5.41, 5.74) is 1.48. The van der Waals surface area contributed by atoms with Crippen LogP contribution in [0.5, 0.6) is 0 Å². The zero-order valence-electron chi connectivity index (χ0n) is 12.8. The van der Waals surface area contributed by atoms with Gasteiger partial charge in [0.05, 0.1) is 16.0 Å². The molecule has 0 aliphatic rings. The molecule has 0 fully saturated rings. The largest absolute Gasteiger partial charge is 0.326 e. The van der Waals surface area contributed by atoms with Crippen molar-refractivity contribution in [2.45, 2.75) is 18.2 Å². The van der Waals surface area contributed by atoms with E-state index >= 15 is 0 Å². The lowest BCUT2D eigenvalue weighted by Gasteiger charge is -1.99. The standard InChI is InChI=1S/C14H13N5O2S3/c1-7(20)15-9-3-4-10-11(5-9)24-13(16-10)17-12(21)6-22-14-19-18-8(2)23-14/h3-5H,6H2,1-2H3,(H,15,20)(H,16,17,21). The first-order chi connectivity index (χ1) is 11.5. The van der Waals surface area contributed by atoms with E-state index in [0.29, 0.717) is 10.8 Å². The number of carbonyl (C=O) groups excluding carboxylic acids is 2. The molecule has 2 amide bonds. The summed E-state index contributed by atoms with van der Waals surface area (Å²) in [5.74, 6) is -0.0212. The third-order valence-corrected chi connectivity index (χ3v) is 5.69. The van der Waals surface area contributed by atoms with E-state index in [1.54, 1.807) is 6.07 Å². The van der Waals surface area contributed by atoms with Gasteiger partial charge in [-0.3, -0.25) is 9.59 Å². The second-order valence-electron chi connectivity index (χ2n) is 4.81. The number of nitrogens with one attached hydrogen (secondary N) is 2. The van der Waals surface area contributed by atoms with Crippen LogP contribution in [0.25, 0.3) is 10.2 Å². The predicted molar refractivity (Wildman–Crippen MR) is 97.9 cm³/mol. The minimum absolute atomic E-state index is 0.128. The third kappa shape index (κ3) is 4.28. The molecule has 2 N–H and O–H groups in total. The van der Waals surface area contributed by atoms with E-state index in [-0.39, 0.29) is 17.6 Å². The summed E-state index contributed by atoms with van der Waals surface area (Å²) in [4.78, 5) is 27.5. The molecule has 24 heavy (non-hydrogen) atoms. The molecule has 0 unspecified atom stereocenters. The number of hydrogen-bond donors (Lipinski definition) is 2. The SMILES string of the molecule is CC(=O)Nc1ccc2nc(NC(=O)CSc3nnc(C)s3)sc2c1. The minimum atomic E-state index is -0.144. The van der Waals surface area contributed by atoms with Crippen molar-refractivity contribution in [3.63, 3.8) is 0 Å². The molecule has 0 spiro atoms. The van der Waals surface area contributed by atoms with Crippen molar-refractivity contribution in [2.24, 2.45) is 0 Å². The number of carbonyl (C=O) groups is 2. The van der Waals surface area contributed by atoms with Gasteiger partial charge in [0.1, 0.15) is 5.01 Å². The molecular formula is C14H13N5O2S3. The minimum Gasteiger partial charge on any atom is -0.326 e. The molecule has 0 saturated heterocycles. The van der Waals surface area contributed by atoms with E-state index in [2.05, 4.69) is 25.8 Å². The van der Waals surface area contributed by atoms with Crippen molar-refractivity contribution in [3.05, 3.63) is 23.2 Å². The van der Waals surface area contributed by atoms with Gasteiger partial charge in [0.25, 0.3) is 0 Å². The first-order valence-corrected chi connectivity index (χ1v) is 9.52. The Morgan fingerprint density at radius 2 is 2.04 bits per heavy atom. The first kappa shape index (κ1) is 16.8. The monoisotopic (exact) mass is 379 g/mol. The average molecular weight is 379 g/mol. The number of amides is 2. The van der Waals surface area contributed by atoms with Crippen molar-refractivity contribution < 1.29 is 9.59 Å². The molecule has 3 aromatic rings. The number of rotatable bonds is 5. The number of anilines is 2. The highest BCUT2D eigenvalue weighted by Crippen LogP contribution is 2.29. The smallest absolute Gasteiger partial charge is 0.236 e. The predicted octanol–water partition coefficient (Wildman–Crippen LogP) is 3.15. The summed E-state index contributed by atoms with van der Waals surface area (Å²) in [6.07, 6.45) is 0. The second-order valence-corrected chi connectivity index (χ2v) is 8.24. The van der Waals surface area contributed by atoms with Crippen LogP contribution in [0.4, 0.5) is 10.8 Å². The Labute approximate surface area is 149 Å². The number of thioether (sulfide) groups is 1. The lowest BCUT2D eigenvalue weighted by Crippen LogP contribution is -2.13. The summed E-state index contributed by atoms with van der Waals surface area (Å²) in [6.45, 7) is 3.33. The summed E-state index contributed by atoms with van der Waals surface area (Å²) >= 11 is 4.17. The van der Waals surface area contributed by atoms with Crippen LogP contribution in [0.1, 0.15) is 11.9 Å². The van der Waals surface area contributed by atoms with Crippen LogP contribution in [0, 0.1) is 6.92 Å². The van der Waals surface area contributed by atoms with Crippen molar-refractivity contribution in [2.75, 3.05) is 16.4 Å². The molecule has 1 aromatic carbocycles. The first-order valence-electron chi connectivity index (χ1n) is 6.90. The highest BCUT2D eigenvalue weighted by atomic mass is 32.2. The third-order valence-electron chi connectivity index (χ3n) is 2.79. The molecule has 10 heteroatoms. The Balaban J connectivity index is 1.63. The molecule has 0 atom stereocenters. The summed E-state index contributed by atoms with van der Waals surface area (Å²) in [7, 11) is 0. The maximum atomic E-state index is 12.0. The second kappa shape index (κ2) is 7.24. The number of aryl methyl sites for hydroxylation is 1. The van der Waals surface area contributed by atoms with Gasteiger partial charge in [-0.15, -0.1) is 10.2 Å². The fourth-order valence-electron chi connectivity index (χ4n) is 1.88. The summed E-state index contributed by atoms with van der Waals surface area (Å²) in [5, 5.41) is 14.8. The van der Waals surface area contributed by atoms with Crippen molar-refractivity contribution in [3.8, 4) is 0 Å². The Morgan fingerprint density at radius 1 is 1.21 bits per heavy atom. The Morgan fingerprint density at radius 3 is 2.75 bits per heavy atom.